The van der Waals surface area contributed by atoms with Crippen molar-refractivity contribution in [2.24, 2.45) is 5.92 Å². The van der Waals surface area contributed by atoms with Crippen molar-refractivity contribution in [1.29, 1.82) is 0 Å². The highest BCUT2D eigenvalue weighted by molar-refractivity contribution is 7.89. The van der Waals surface area contributed by atoms with Gasteiger partial charge in [-0.2, -0.15) is 0 Å². The molecule has 1 aromatic rings. The standard InChI is InChI=1S/C13H17Cl2NO4S/c1-9(5-6-12(17)18)7-8-16-21(19,20)13-10(14)3-2-4-11(13)15/h2-4,9,16H,5-8H2,1H3,(H,17,18). The Balaban J connectivity index is 2.60. The molecule has 0 amide bonds. The number of sulfonamides is 1. The minimum Gasteiger partial charge on any atom is -0.481 e. The van der Waals surface area contributed by atoms with E-state index in [2.05, 4.69) is 4.72 Å². The highest BCUT2D eigenvalue weighted by atomic mass is 35.5. The molecule has 0 spiro atoms. The van der Waals surface area contributed by atoms with Crippen LogP contribution in [0.3, 0.4) is 0 Å². The van der Waals surface area contributed by atoms with Gasteiger partial charge in [0.25, 0.3) is 0 Å². The molecule has 8 heteroatoms. The van der Waals surface area contributed by atoms with Crippen molar-refractivity contribution in [3.05, 3.63) is 28.2 Å². The number of carbonyl (C=O) groups is 1. The topological polar surface area (TPSA) is 83.5 Å². The number of halogens is 2. The van der Waals surface area contributed by atoms with Gasteiger partial charge in [-0.3, -0.25) is 4.79 Å². The summed E-state index contributed by atoms with van der Waals surface area (Å²) in [6.45, 7) is 2.07. The maximum atomic E-state index is 12.1. The van der Waals surface area contributed by atoms with Crippen LogP contribution in [0.4, 0.5) is 0 Å². The Kier molecular flexibility index (Phi) is 6.93. The third-order valence-electron chi connectivity index (χ3n) is 2.97. The maximum Gasteiger partial charge on any atom is 0.303 e. The molecule has 0 fully saturated rings. The molecule has 0 saturated carbocycles. The number of benzene rings is 1. The van der Waals surface area contributed by atoms with Gasteiger partial charge in [-0.05, 0) is 30.9 Å². The van der Waals surface area contributed by atoms with Crippen molar-refractivity contribution in [3.63, 3.8) is 0 Å². The lowest BCUT2D eigenvalue weighted by atomic mass is 10.0. The summed E-state index contributed by atoms with van der Waals surface area (Å²) in [7, 11) is -3.78. The predicted octanol–water partition coefficient (Wildman–Crippen LogP) is 3.16. The zero-order valence-electron chi connectivity index (χ0n) is 11.5. The number of rotatable bonds is 8. The van der Waals surface area contributed by atoms with Crippen LogP contribution in [0, 0.1) is 5.92 Å². The van der Waals surface area contributed by atoms with Gasteiger partial charge in [-0.1, -0.05) is 36.2 Å². The van der Waals surface area contributed by atoms with Gasteiger partial charge in [0.05, 0.1) is 10.0 Å². The number of hydrogen-bond acceptors (Lipinski definition) is 3. The maximum absolute atomic E-state index is 12.1. The molecule has 1 rings (SSSR count). The lowest BCUT2D eigenvalue weighted by molar-refractivity contribution is -0.137. The lowest BCUT2D eigenvalue weighted by Crippen LogP contribution is -2.26. The molecule has 0 heterocycles. The van der Waals surface area contributed by atoms with Crippen molar-refractivity contribution in [1.82, 2.24) is 4.72 Å². The van der Waals surface area contributed by atoms with E-state index in [1.807, 2.05) is 6.92 Å². The molecule has 0 bridgehead atoms. The number of nitrogens with one attached hydrogen (secondary N) is 1. The van der Waals surface area contributed by atoms with Crippen molar-refractivity contribution in [2.75, 3.05) is 6.54 Å². The second-order valence-corrected chi connectivity index (χ2v) is 7.29. The van der Waals surface area contributed by atoms with Crippen LogP contribution in [0.25, 0.3) is 0 Å². The Morgan fingerprint density at radius 1 is 1.29 bits per heavy atom. The Hall–Kier alpha value is -0.820. The van der Waals surface area contributed by atoms with Crippen LogP contribution in [0.15, 0.2) is 23.1 Å². The Morgan fingerprint density at radius 3 is 2.38 bits per heavy atom. The van der Waals surface area contributed by atoms with Crippen LogP contribution >= 0.6 is 23.2 Å². The number of carboxylic acids is 1. The van der Waals surface area contributed by atoms with Gasteiger partial charge in [0.1, 0.15) is 4.90 Å². The number of hydrogen-bond donors (Lipinski definition) is 2. The van der Waals surface area contributed by atoms with Gasteiger partial charge in [0.15, 0.2) is 0 Å². The van der Waals surface area contributed by atoms with E-state index in [0.717, 1.165) is 0 Å². The fourth-order valence-electron chi connectivity index (χ4n) is 1.77. The first kappa shape index (κ1) is 18.2. The zero-order valence-corrected chi connectivity index (χ0v) is 13.8. The van der Waals surface area contributed by atoms with Crippen molar-refractivity contribution in [3.8, 4) is 0 Å². The Labute approximate surface area is 134 Å². The molecule has 0 radical (unpaired) electrons. The molecule has 0 aliphatic heterocycles. The second-order valence-electron chi connectivity index (χ2n) is 4.77. The van der Waals surface area contributed by atoms with E-state index >= 15 is 0 Å². The summed E-state index contributed by atoms with van der Waals surface area (Å²) in [6, 6.07) is 4.48. The summed E-state index contributed by atoms with van der Waals surface area (Å²) in [4.78, 5) is 10.3. The van der Waals surface area contributed by atoms with Crippen LogP contribution < -0.4 is 4.72 Å². The molecule has 1 unspecified atom stereocenters. The van der Waals surface area contributed by atoms with Crippen molar-refractivity contribution < 1.29 is 18.3 Å². The molecule has 5 nitrogen and oxygen atoms in total. The lowest BCUT2D eigenvalue weighted by Gasteiger charge is -2.12. The molecule has 0 aromatic heterocycles. The van der Waals surface area contributed by atoms with Crippen LogP contribution in [-0.2, 0) is 14.8 Å². The molecule has 0 aliphatic carbocycles. The van der Waals surface area contributed by atoms with Crippen LogP contribution in [0.2, 0.25) is 10.0 Å². The summed E-state index contributed by atoms with van der Waals surface area (Å²) in [5.74, 6) is -0.754. The minimum absolute atomic E-state index is 0.0638. The quantitative estimate of drug-likeness (QED) is 0.751. The van der Waals surface area contributed by atoms with Gasteiger partial charge >= 0.3 is 5.97 Å². The Morgan fingerprint density at radius 2 is 1.86 bits per heavy atom. The monoisotopic (exact) mass is 353 g/mol. The molecular formula is C13H17Cl2NO4S. The van der Waals surface area contributed by atoms with Gasteiger partial charge in [0.2, 0.25) is 10.0 Å². The average Bonchev–Trinajstić information content (AvgIpc) is 2.35. The molecule has 1 aromatic carbocycles. The predicted molar refractivity (Wildman–Crippen MR) is 82.3 cm³/mol. The van der Waals surface area contributed by atoms with E-state index in [1.54, 1.807) is 6.07 Å². The smallest absolute Gasteiger partial charge is 0.303 e. The summed E-state index contributed by atoms with van der Waals surface area (Å²) in [6.07, 6.45) is 1.11. The van der Waals surface area contributed by atoms with E-state index in [9.17, 15) is 13.2 Å². The first-order chi connectivity index (χ1) is 9.74. The van der Waals surface area contributed by atoms with Crippen LogP contribution in [0.1, 0.15) is 26.2 Å². The summed E-state index contributed by atoms with van der Waals surface area (Å²) in [5, 5.41) is 8.71. The SMILES string of the molecule is CC(CCNS(=O)(=O)c1c(Cl)cccc1Cl)CCC(=O)O. The number of aliphatic carboxylic acids is 1. The first-order valence-electron chi connectivity index (χ1n) is 6.39. The third-order valence-corrected chi connectivity index (χ3v) is 5.38. The van der Waals surface area contributed by atoms with Gasteiger partial charge in [-0.15, -0.1) is 0 Å². The van der Waals surface area contributed by atoms with Gasteiger partial charge in [0, 0.05) is 13.0 Å². The molecular weight excluding hydrogens is 337 g/mol. The highest BCUT2D eigenvalue weighted by Crippen LogP contribution is 2.28. The van der Waals surface area contributed by atoms with Crippen LogP contribution in [0.5, 0.6) is 0 Å². The van der Waals surface area contributed by atoms with Gasteiger partial charge in [-0.25, -0.2) is 13.1 Å². The van der Waals surface area contributed by atoms with E-state index in [-0.39, 0.29) is 33.8 Å². The second kappa shape index (κ2) is 7.98. The molecule has 0 aliphatic rings. The zero-order chi connectivity index (χ0) is 16.0. The van der Waals surface area contributed by atoms with Crippen molar-refractivity contribution >= 4 is 39.2 Å². The highest BCUT2D eigenvalue weighted by Gasteiger charge is 2.21. The Bertz CT molecular complexity index is 584. The van der Waals surface area contributed by atoms with Crippen molar-refractivity contribution in [2.45, 2.75) is 31.1 Å². The molecule has 0 saturated heterocycles. The number of carboxylic acid groups (broad SMARTS) is 1. The average molecular weight is 354 g/mol. The van der Waals surface area contributed by atoms with Gasteiger partial charge < -0.3 is 5.11 Å². The molecule has 21 heavy (non-hydrogen) atoms. The normalized spacial score (nSPS) is 13.1. The van der Waals surface area contributed by atoms with E-state index in [4.69, 9.17) is 28.3 Å². The largest absolute Gasteiger partial charge is 0.481 e. The third kappa shape index (κ3) is 5.82. The van der Waals surface area contributed by atoms with E-state index in [0.29, 0.717) is 12.8 Å². The molecule has 118 valence electrons. The summed E-state index contributed by atoms with van der Waals surface area (Å²) >= 11 is 11.7. The van der Waals surface area contributed by atoms with Crippen LogP contribution in [-0.4, -0.2) is 26.0 Å². The van der Waals surface area contributed by atoms with E-state index < -0.39 is 16.0 Å². The molecule has 1 atom stereocenters. The summed E-state index contributed by atoms with van der Waals surface area (Å²) < 4.78 is 26.7. The molecule has 2 N–H and O–H groups in total. The summed E-state index contributed by atoms with van der Waals surface area (Å²) in [5.41, 5.74) is 0. The minimum atomic E-state index is -3.78. The fourth-order valence-corrected chi connectivity index (χ4v) is 3.95. The first-order valence-corrected chi connectivity index (χ1v) is 8.63. The fraction of sp³-hybridized carbons (Fsp3) is 0.462. The van der Waals surface area contributed by atoms with E-state index in [1.165, 1.54) is 12.1 Å².